The van der Waals surface area contributed by atoms with Crippen LogP contribution in [0.4, 0.5) is 0 Å². The Kier molecular flexibility index (Phi) is 17.7. The van der Waals surface area contributed by atoms with Crippen LogP contribution < -0.4 is 0 Å². The van der Waals surface area contributed by atoms with Gasteiger partial charge in [-0.05, 0) is 36.2 Å². The van der Waals surface area contributed by atoms with Gasteiger partial charge in [0.2, 0.25) is 0 Å². The van der Waals surface area contributed by atoms with Crippen molar-refractivity contribution < 1.29 is 8.85 Å². The highest BCUT2D eigenvalue weighted by molar-refractivity contribution is 6.67. The van der Waals surface area contributed by atoms with Crippen LogP contribution in [0, 0.1) is 0 Å². The van der Waals surface area contributed by atoms with Crippen LogP contribution in [0.15, 0.2) is 24.3 Å². The van der Waals surface area contributed by atoms with Gasteiger partial charge in [-0.25, -0.2) is 0 Å². The lowest BCUT2D eigenvalue weighted by Crippen LogP contribution is -2.40. The molecule has 0 spiro atoms. The van der Waals surface area contributed by atoms with E-state index < -0.39 is 8.56 Å². The monoisotopic (exact) mass is 468 g/mol. The SMILES string of the molecule is CCCCCCCCCCCCCCCCO[Si](CC)(CC)OCc1ccc(Cl)cc1. The lowest BCUT2D eigenvalue weighted by atomic mass is 10.0. The fraction of sp³-hybridized carbons (Fsp3) is 0.778. The Balaban J connectivity index is 2.02. The molecule has 0 N–H and O–H groups in total. The molecule has 1 aromatic rings. The van der Waals surface area contributed by atoms with Gasteiger partial charge in [-0.3, -0.25) is 0 Å². The molecule has 4 heteroatoms. The average Bonchev–Trinajstić information content (AvgIpc) is 2.80. The smallest absolute Gasteiger partial charge is 0.337 e. The third-order valence-corrected chi connectivity index (χ3v) is 10.2. The minimum Gasteiger partial charge on any atom is -0.394 e. The van der Waals surface area contributed by atoms with Gasteiger partial charge in [-0.2, -0.15) is 0 Å². The third-order valence-electron chi connectivity index (χ3n) is 6.36. The number of hydrogen-bond donors (Lipinski definition) is 0. The molecule has 2 nitrogen and oxygen atoms in total. The van der Waals surface area contributed by atoms with E-state index in [-0.39, 0.29) is 0 Å². The standard InChI is InChI=1S/C27H49ClO2Si/c1-4-7-8-9-10-11-12-13-14-15-16-17-18-19-24-29-31(5-2,6-3)30-25-26-20-22-27(28)23-21-26/h20-23H,4-19,24-25H2,1-3H3. The highest BCUT2D eigenvalue weighted by Crippen LogP contribution is 2.22. The Morgan fingerprint density at radius 1 is 0.613 bits per heavy atom. The molecule has 1 aromatic carbocycles. The number of unbranched alkanes of at least 4 members (excludes halogenated alkanes) is 13. The predicted molar refractivity (Wildman–Crippen MR) is 139 cm³/mol. The van der Waals surface area contributed by atoms with Gasteiger partial charge in [0.1, 0.15) is 0 Å². The van der Waals surface area contributed by atoms with E-state index in [0.29, 0.717) is 6.61 Å². The van der Waals surface area contributed by atoms with E-state index in [1.165, 1.54) is 89.0 Å². The number of hydrogen-bond acceptors (Lipinski definition) is 2. The largest absolute Gasteiger partial charge is 0.394 e. The Labute approximate surface area is 199 Å². The van der Waals surface area contributed by atoms with Crippen molar-refractivity contribution in [3.05, 3.63) is 34.9 Å². The summed E-state index contributed by atoms with van der Waals surface area (Å²) >= 11 is 5.98. The van der Waals surface area contributed by atoms with E-state index in [2.05, 4.69) is 20.8 Å². The van der Waals surface area contributed by atoms with E-state index in [0.717, 1.165) is 30.1 Å². The molecule has 0 fully saturated rings. The van der Waals surface area contributed by atoms with Gasteiger partial charge in [0.05, 0.1) is 6.61 Å². The molecule has 0 aliphatic carbocycles. The zero-order valence-electron chi connectivity index (χ0n) is 20.7. The Bertz CT molecular complexity index is 516. The maximum atomic E-state index is 6.37. The van der Waals surface area contributed by atoms with Gasteiger partial charge in [0, 0.05) is 11.6 Å². The first-order valence-electron chi connectivity index (χ1n) is 13.2. The Hall–Kier alpha value is -0.353. The highest BCUT2D eigenvalue weighted by atomic mass is 35.5. The molecule has 0 heterocycles. The molecule has 0 aromatic heterocycles. The molecule has 0 unspecified atom stereocenters. The summed E-state index contributed by atoms with van der Waals surface area (Å²) in [5, 5.41) is 0.771. The summed E-state index contributed by atoms with van der Waals surface area (Å²) in [5.41, 5.74) is 1.17. The first kappa shape index (κ1) is 28.7. The van der Waals surface area contributed by atoms with E-state index in [9.17, 15) is 0 Å². The quantitative estimate of drug-likeness (QED) is 0.132. The van der Waals surface area contributed by atoms with Gasteiger partial charge in [-0.15, -0.1) is 0 Å². The predicted octanol–water partition coefficient (Wildman–Crippen LogP) is 9.84. The number of halogens is 1. The molecule has 0 saturated heterocycles. The molecule has 0 amide bonds. The van der Waals surface area contributed by atoms with Crippen LogP contribution >= 0.6 is 11.6 Å². The van der Waals surface area contributed by atoms with Crippen LogP contribution in [0.5, 0.6) is 0 Å². The van der Waals surface area contributed by atoms with Crippen LogP contribution in [-0.4, -0.2) is 15.2 Å². The molecule has 0 bridgehead atoms. The minimum absolute atomic E-state index is 0.629. The van der Waals surface area contributed by atoms with Crippen LogP contribution in [0.1, 0.15) is 116 Å². The normalized spacial score (nSPS) is 11.9. The summed E-state index contributed by atoms with van der Waals surface area (Å²) in [6.45, 7) is 8.19. The zero-order chi connectivity index (χ0) is 22.6. The van der Waals surface area contributed by atoms with E-state index >= 15 is 0 Å². The maximum absolute atomic E-state index is 6.37. The maximum Gasteiger partial charge on any atom is 0.337 e. The second-order valence-electron chi connectivity index (χ2n) is 8.98. The van der Waals surface area contributed by atoms with Crippen molar-refractivity contribution in [1.29, 1.82) is 0 Å². The summed E-state index contributed by atoms with van der Waals surface area (Å²) in [5.74, 6) is 0. The molecular weight excluding hydrogens is 420 g/mol. The van der Waals surface area contributed by atoms with E-state index in [1.54, 1.807) is 0 Å². The first-order chi connectivity index (χ1) is 15.2. The van der Waals surface area contributed by atoms with E-state index in [4.69, 9.17) is 20.5 Å². The Morgan fingerprint density at radius 2 is 1.06 bits per heavy atom. The molecule has 0 radical (unpaired) electrons. The van der Waals surface area contributed by atoms with Crippen molar-refractivity contribution in [1.82, 2.24) is 0 Å². The van der Waals surface area contributed by atoms with Crippen LogP contribution in [0.25, 0.3) is 0 Å². The number of rotatable bonds is 21. The first-order valence-corrected chi connectivity index (χ1v) is 15.8. The minimum atomic E-state index is -2.08. The number of benzene rings is 1. The second kappa shape index (κ2) is 19.1. The Morgan fingerprint density at radius 3 is 1.52 bits per heavy atom. The lowest BCUT2D eigenvalue weighted by molar-refractivity contribution is 0.158. The zero-order valence-corrected chi connectivity index (χ0v) is 22.5. The highest BCUT2D eigenvalue weighted by Gasteiger charge is 2.33. The second-order valence-corrected chi connectivity index (χ2v) is 13.2. The summed E-state index contributed by atoms with van der Waals surface area (Å²) in [6.07, 6.45) is 19.4. The molecule has 0 aliphatic heterocycles. The van der Waals surface area contributed by atoms with Crippen LogP contribution in [0.2, 0.25) is 17.1 Å². The summed E-state index contributed by atoms with van der Waals surface area (Å²) < 4.78 is 12.7. The van der Waals surface area contributed by atoms with Crippen molar-refractivity contribution >= 4 is 20.2 Å². The third kappa shape index (κ3) is 14.4. The molecule has 180 valence electrons. The molecule has 31 heavy (non-hydrogen) atoms. The summed E-state index contributed by atoms with van der Waals surface area (Å²) in [6, 6.07) is 9.96. The summed E-state index contributed by atoms with van der Waals surface area (Å²) in [4.78, 5) is 0. The summed E-state index contributed by atoms with van der Waals surface area (Å²) in [7, 11) is -2.08. The molecule has 0 aliphatic rings. The fourth-order valence-corrected chi connectivity index (χ4v) is 6.52. The van der Waals surface area contributed by atoms with Gasteiger partial charge >= 0.3 is 8.56 Å². The lowest BCUT2D eigenvalue weighted by Gasteiger charge is -2.29. The van der Waals surface area contributed by atoms with Gasteiger partial charge in [-0.1, -0.05) is 128 Å². The van der Waals surface area contributed by atoms with E-state index in [1.807, 2.05) is 24.3 Å². The molecule has 0 saturated carbocycles. The molecule has 0 atom stereocenters. The molecular formula is C27H49ClO2Si. The topological polar surface area (TPSA) is 18.5 Å². The van der Waals surface area contributed by atoms with Crippen molar-refractivity contribution in [2.75, 3.05) is 6.61 Å². The van der Waals surface area contributed by atoms with Crippen LogP contribution in [0.3, 0.4) is 0 Å². The van der Waals surface area contributed by atoms with Gasteiger partial charge in [0.25, 0.3) is 0 Å². The van der Waals surface area contributed by atoms with Crippen molar-refractivity contribution in [2.45, 2.75) is 129 Å². The van der Waals surface area contributed by atoms with Gasteiger partial charge in [0.15, 0.2) is 0 Å². The average molecular weight is 469 g/mol. The van der Waals surface area contributed by atoms with Crippen molar-refractivity contribution in [3.8, 4) is 0 Å². The molecule has 1 rings (SSSR count). The van der Waals surface area contributed by atoms with Crippen molar-refractivity contribution in [3.63, 3.8) is 0 Å². The van der Waals surface area contributed by atoms with Gasteiger partial charge < -0.3 is 8.85 Å². The fourth-order valence-electron chi connectivity index (χ4n) is 4.05. The van der Waals surface area contributed by atoms with Crippen LogP contribution in [-0.2, 0) is 15.5 Å². The van der Waals surface area contributed by atoms with Crippen molar-refractivity contribution in [2.24, 2.45) is 0 Å².